The summed E-state index contributed by atoms with van der Waals surface area (Å²) in [6.45, 7) is 10.3. The van der Waals surface area contributed by atoms with Crippen molar-refractivity contribution in [3.8, 4) is 11.5 Å². The van der Waals surface area contributed by atoms with Crippen LogP contribution < -0.4 is 19.3 Å². The smallest absolute Gasteiger partial charge is 0.264 e. The van der Waals surface area contributed by atoms with Gasteiger partial charge in [0.25, 0.3) is 5.91 Å². The quantitative estimate of drug-likeness (QED) is 0.539. The highest BCUT2D eigenvalue weighted by atomic mass is 32.1. The van der Waals surface area contributed by atoms with Crippen LogP contribution in [0.15, 0.2) is 42.5 Å². The van der Waals surface area contributed by atoms with Gasteiger partial charge in [0.1, 0.15) is 17.0 Å². The minimum absolute atomic E-state index is 0.101. The van der Waals surface area contributed by atoms with Gasteiger partial charge in [0.15, 0.2) is 5.13 Å². The van der Waals surface area contributed by atoms with Crippen molar-refractivity contribution in [1.82, 2.24) is 4.98 Å². The molecule has 0 fully saturated rings. The van der Waals surface area contributed by atoms with Crippen LogP contribution in [0.5, 0.6) is 11.5 Å². The summed E-state index contributed by atoms with van der Waals surface area (Å²) in [5.74, 6) is 1.21. The lowest BCUT2D eigenvalue weighted by atomic mass is 10.1. The fourth-order valence-electron chi connectivity index (χ4n) is 3.42. The van der Waals surface area contributed by atoms with Gasteiger partial charge in [-0.3, -0.25) is 9.69 Å². The first-order chi connectivity index (χ1) is 14.6. The van der Waals surface area contributed by atoms with Crippen molar-refractivity contribution in [2.75, 3.05) is 44.8 Å². The van der Waals surface area contributed by atoms with Gasteiger partial charge < -0.3 is 14.4 Å². The Balaban J connectivity index is 2.02. The number of carbonyl (C=O) groups excluding carboxylic acids is 1. The average Bonchev–Trinajstić information content (AvgIpc) is 3.21. The maximum absolute atomic E-state index is 13.6. The number of aromatic nitrogens is 1. The summed E-state index contributed by atoms with van der Waals surface area (Å²) in [5, 5.41) is 0.680. The van der Waals surface area contributed by atoms with Crippen molar-refractivity contribution in [3.63, 3.8) is 0 Å². The lowest BCUT2D eigenvalue weighted by Gasteiger charge is -2.23. The van der Waals surface area contributed by atoms with Crippen molar-refractivity contribution < 1.29 is 19.2 Å². The molecule has 0 saturated heterocycles. The Labute approximate surface area is 182 Å². The first-order valence-electron chi connectivity index (χ1n) is 10.4. The zero-order valence-corrected chi connectivity index (χ0v) is 18.9. The highest BCUT2D eigenvalue weighted by Crippen LogP contribution is 2.35. The van der Waals surface area contributed by atoms with Crippen LogP contribution in [0.25, 0.3) is 10.2 Å². The van der Waals surface area contributed by atoms with E-state index in [0.717, 1.165) is 35.6 Å². The van der Waals surface area contributed by atoms with E-state index in [1.165, 1.54) is 16.2 Å². The van der Waals surface area contributed by atoms with Crippen LogP contribution in [-0.2, 0) is 0 Å². The molecule has 0 bridgehead atoms. The molecule has 1 N–H and O–H groups in total. The van der Waals surface area contributed by atoms with Gasteiger partial charge in [0.2, 0.25) is 0 Å². The zero-order chi connectivity index (χ0) is 21.5. The number of ether oxygens (including phenoxy) is 2. The molecule has 0 aliphatic heterocycles. The number of nitrogens with zero attached hydrogens (tertiary/aromatic N) is 2. The minimum atomic E-state index is -0.101. The SMILES string of the molecule is CCOc1cccc2sc(N(CC[NH+](CC)CC)C(=O)c3ccccc3OC)nc12. The minimum Gasteiger partial charge on any atom is -0.496 e. The third kappa shape index (κ3) is 4.74. The third-order valence-corrected chi connectivity index (χ3v) is 6.22. The van der Waals surface area contributed by atoms with Crippen LogP contribution in [0.3, 0.4) is 0 Å². The van der Waals surface area contributed by atoms with Gasteiger partial charge in [-0.15, -0.1) is 0 Å². The molecule has 0 unspecified atom stereocenters. The maximum Gasteiger partial charge on any atom is 0.264 e. The van der Waals surface area contributed by atoms with Crippen LogP contribution in [0.4, 0.5) is 5.13 Å². The number of amides is 1. The number of methoxy groups -OCH3 is 1. The number of para-hydroxylation sites is 2. The number of hydrogen-bond donors (Lipinski definition) is 1. The van der Waals surface area contributed by atoms with Crippen molar-refractivity contribution in [2.45, 2.75) is 20.8 Å². The predicted molar refractivity (Wildman–Crippen MR) is 122 cm³/mol. The maximum atomic E-state index is 13.6. The van der Waals surface area contributed by atoms with Gasteiger partial charge in [0.05, 0.1) is 50.2 Å². The molecule has 1 amide bonds. The second-order valence-electron chi connectivity index (χ2n) is 6.90. The molecule has 0 radical (unpaired) electrons. The van der Waals surface area contributed by atoms with E-state index in [-0.39, 0.29) is 5.91 Å². The largest absolute Gasteiger partial charge is 0.496 e. The van der Waals surface area contributed by atoms with E-state index in [1.807, 2.05) is 43.3 Å². The van der Waals surface area contributed by atoms with Gasteiger partial charge in [-0.2, -0.15) is 0 Å². The number of anilines is 1. The van der Waals surface area contributed by atoms with Gasteiger partial charge in [-0.1, -0.05) is 29.5 Å². The summed E-state index contributed by atoms with van der Waals surface area (Å²) in [6, 6.07) is 13.2. The number of benzene rings is 2. The molecular weight excluding hydrogens is 398 g/mol. The molecular formula is C23H30N3O3S+. The average molecular weight is 429 g/mol. The number of carbonyl (C=O) groups is 1. The summed E-state index contributed by atoms with van der Waals surface area (Å²) >= 11 is 1.51. The molecule has 2 aromatic carbocycles. The summed E-state index contributed by atoms with van der Waals surface area (Å²) in [4.78, 5) is 21.6. The fraction of sp³-hybridized carbons (Fsp3) is 0.391. The zero-order valence-electron chi connectivity index (χ0n) is 18.1. The Hall–Kier alpha value is -2.64. The summed E-state index contributed by atoms with van der Waals surface area (Å²) in [5.41, 5.74) is 1.34. The standard InChI is InChI=1S/C23H29N3O3S/c1-5-25(6-2)15-16-26(22(27)17-11-8-9-12-18(17)28-4)23-24-21-19(29-7-3)13-10-14-20(21)30-23/h8-14H,5-7,15-16H2,1-4H3/p+1. The molecule has 0 aliphatic carbocycles. The summed E-state index contributed by atoms with van der Waals surface area (Å²) in [7, 11) is 1.59. The second-order valence-corrected chi connectivity index (χ2v) is 7.91. The van der Waals surface area contributed by atoms with Gasteiger partial charge in [-0.05, 0) is 45.0 Å². The van der Waals surface area contributed by atoms with E-state index in [9.17, 15) is 4.79 Å². The molecule has 160 valence electrons. The molecule has 3 aromatic rings. The monoisotopic (exact) mass is 428 g/mol. The number of nitrogens with one attached hydrogen (secondary N) is 1. The summed E-state index contributed by atoms with van der Waals surface area (Å²) in [6.07, 6.45) is 0. The molecule has 0 atom stereocenters. The van der Waals surface area contributed by atoms with E-state index in [4.69, 9.17) is 14.5 Å². The Bertz CT molecular complexity index is 985. The Kier molecular flexibility index (Phi) is 7.65. The molecule has 1 heterocycles. The van der Waals surface area contributed by atoms with Crippen molar-refractivity contribution in [1.29, 1.82) is 0 Å². The lowest BCUT2D eigenvalue weighted by Crippen LogP contribution is -3.12. The molecule has 0 spiro atoms. The van der Waals surface area contributed by atoms with E-state index in [2.05, 4.69) is 13.8 Å². The first kappa shape index (κ1) is 22.1. The lowest BCUT2D eigenvalue weighted by molar-refractivity contribution is -0.894. The number of likely N-dealkylation sites (N-methyl/N-ethyl adjacent to an activating group) is 1. The van der Waals surface area contributed by atoms with Crippen molar-refractivity contribution >= 4 is 32.6 Å². The van der Waals surface area contributed by atoms with Crippen LogP contribution >= 0.6 is 11.3 Å². The first-order valence-corrected chi connectivity index (χ1v) is 11.2. The fourth-order valence-corrected chi connectivity index (χ4v) is 4.43. The normalized spacial score (nSPS) is 11.1. The number of hydrogen-bond acceptors (Lipinski definition) is 5. The van der Waals surface area contributed by atoms with Crippen LogP contribution in [0.1, 0.15) is 31.1 Å². The van der Waals surface area contributed by atoms with Gasteiger partial charge in [0, 0.05) is 0 Å². The topological polar surface area (TPSA) is 56.1 Å². The Morgan fingerprint density at radius 1 is 1.07 bits per heavy atom. The predicted octanol–water partition coefficient (Wildman–Crippen LogP) is 3.28. The molecule has 3 rings (SSSR count). The number of rotatable bonds is 10. The molecule has 30 heavy (non-hydrogen) atoms. The second kappa shape index (κ2) is 10.4. The van der Waals surface area contributed by atoms with Gasteiger partial charge in [-0.25, -0.2) is 4.98 Å². The summed E-state index contributed by atoms with van der Waals surface area (Å²) < 4.78 is 12.2. The van der Waals surface area contributed by atoms with Gasteiger partial charge >= 0.3 is 0 Å². The molecule has 1 aromatic heterocycles. The number of quaternary nitrogens is 1. The molecule has 0 saturated carbocycles. The Morgan fingerprint density at radius 2 is 1.80 bits per heavy atom. The van der Waals surface area contributed by atoms with Crippen LogP contribution in [0, 0.1) is 0 Å². The highest BCUT2D eigenvalue weighted by molar-refractivity contribution is 7.22. The molecule has 6 nitrogen and oxygen atoms in total. The molecule has 7 heteroatoms. The third-order valence-electron chi connectivity index (χ3n) is 5.17. The van der Waals surface area contributed by atoms with Crippen LogP contribution in [-0.4, -0.2) is 50.8 Å². The van der Waals surface area contributed by atoms with Crippen LogP contribution in [0.2, 0.25) is 0 Å². The van der Waals surface area contributed by atoms with E-state index in [0.29, 0.717) is 29.6 Å². The van der Waals surface area contributed by atoms with E-state index in [1.54, 1.807) is 18.1 Å². The van der Waals surface area contributed by atoms with E-state index < -0.39 is 0 Å². The molecule has 0 aliphatic rings. The number of thiazole rings is 1. The highest BCUT2D eigenvalue weighted by Gasteiger charge is 2.25. The van der Waals surface area contributed by atoms with Crippen molar-refractivity contribution in [3.05, 3.63) is 48.0 Å². The van der Waals surface area contributed by atoms with E-state index >= 15 is 0 Å². The Morgan fingerprint density at radius 3 is 2.50 bits per heavy atom. The number of fused-ring (bicyclic) bond motifs is 1. The van der Waals surface area contributed by atoms with Crippen molar-refractivity contribution in [2.24, 2.45) is 0 Å².